The molecular formula is C15H27N3. The van der Waals surface area contributed by atoms with Crippen molar-refractivity contribution in [3.05, 3.63) is 18.7 Å². The Hall–Kier alpha value is -0.830. The predicted octanol–water partition coefficient (Wildman–Crippen LogP) is 3.22. The zero-order valence-corrected chi connectivity index (χ0v) is 11.5. The molecule has 2 rings (SSSR count). The van der Waals surface area contributed by atoms with Gasteiger partial charge in [-0.15, -0.1) is 0 Å². The van der Waals surface area contributed by atoms with Crippen molar-refractivity contribution >= 4 is 0 Å². The van der Waals surface area contributed by atoms with Gasteiger partial charge < -0.3 is 9.88 Å². The van der Waals surface area contributed by atoms with Crippen LogP contribution < -0.4 is 5.32 Å². The molecule has 1 aliphatic rings. The van der Waals surface area contributed by atoms with Crippen molar-refractivity contribution < 1.29 is 0 Å². The van der Waals surface area contributed by atoms with Crippen molar-refractivity contribution in [2.24, 2.45) is 5.92 Å². The van der Waals surface area contributed by atoms with Gasteiger partial charge in [0.1, 0.15) is 0 Å². The van der Waals surface area contributed by atoms with E-state index >= 15 is 0 Å². The maximum atomic E-state index is 4.05. The molecule has 3 nitrogen and oxygen atoms in total. The van der Waals surface area contributed by atoms with Gasteiger partial charge in [-0.2, -0.15) is 0 Å². The highest BCUT2D eigenvalue weighted by Gasteiger charge is 2.12. The number of unbranched alkanes of at least 4 members (excludes halogenated alkanes) is 1. The van der Waals surface area contributed by atoms with Gasteiger partial charge >= 0.3 is 0 Å². The van der Waals surface area contributed by atoms with E-state index in [1.807, 2.05) is 18.7 Å². The van der Waals surface area contributed by atoms with Crippen molar-refractivity contribution in [1.29, 1.82) is 0 Å². The van der Waals surface area contributed by atoms with Gasteiger partial charge in [-0.3, -0.25) is 0 Å². The largest absolute Gasteiger partial charge is 0.337 e. The lowest BCUT2D eigenvalue weighted by Crippen LogP contribution is -2.20. The third kappa shape index (κ3) is 5.21. The topological polar surface area (TPSA) is 29.9 Å². The molecule has 0 radical (unpaired) electrons. The summed E-state index contributed by atoms with van der Waals surface area (Å²) in [7, 11) is 0. The molecule has 0 unspecified atom stereocenters. The lowest BCUT2D eigenvalue weighted by molar-refractivity contribution is 0.333. The first-order valence-corrected chi connectivity index (χ1v) is 7.61. The van der Waals surface area contributed by atoms with Crippen molar-refractivity contribution in [3.8, 4) is 0 Å². The number of nitrogens with zero attached hydrogens (tertiary/aromatic N) is 2. The summed E-state index contributed by atoms with van der Waals surface area (Å²) in [5.41, 5.74) is 0. The maximum absolute atomic E-state index is 4.05. The molecule has 1 heterocycles. The molecule has 1 saturated carbocycles. The lowest BCUT2D eigenvalue weighted by Gasteiger charge is -2.21. The first kappa shape index (κ1) is 13.6. The Labute approximate surface area is 111 Å². The first-order chi connectivity index (χ1) is 8.95. The van der Waals surface area contributed by atoms with E-state index in [9.17, 15) is 0 Å². The summed E-state index contributed by atoms with van der Waals surface area (Å²) >= 11 is 0. The van der Waals surface area contributed by atoms with Crippen LogP contribution in [0.1, 0.15) is 51.4 Å². The summed E-state index contributed by atoms with van der Waals surface area (Å²) < 4.78 is 2.15. The second-order valence-corrected chi connectivity index (χ2v) is 5.55. The van der Waals surface area contributed by atoms with Crippen LogP contribution in [-0.2, 0) is 6.54 Å². The molecule has 0 atom stereocenters. The Morgan fingerprint density at radius 2 is 2.00 bits per heavy atom. The van der Waals surface area contributed by atoms with Crippen molar-refractivity contribution in [2.75, 3.05) is 13.1 Å². The summed E-state index contributed by atoms with van der Waals surface area (Å²) in [6.45, 7) is 3.49. The van der Waals surface area contributed by atoms with Crippen LogP contribution >= 0.6 is 0 Å². The molecule has 3 heteroatoms. The van der Waals surface area contributed by atoms with Gasteiger partial charge in [-0.1, -0.05) is 32.1 Å². The van der Waals surface area contributed by atoms with Crippen LogP contribution in [0, 0.1) is 5.92 Å². The fourth-order valence-electron chi connectivity index (χ4n) is 2.87. The van der Waals surface area contributed by atoms with E-state index in [1.165, 1.54) is 64.5 Å². The zero-order chi connectivity index (χ0) is 12.5. The van der Waals surface area contributed by atoms with E-state index in [0.717, 1.165) is 12.5 Å². The number of nitrogens with one attached hydrogen (secondary N) is 1. The van der Waals surface area contributed by atoms with Crippen LogP contribution in [0.3, 0.4) is 0 Å². The average Bonchev–Trinajstić information content (AvgIpc) is 2.92. The Morgan fingerprint density at radius 3 is 2.78 bits per heavy atom. The third-order valence-corrected chi connectivity index (χ3v) is 4.03. The number of hydrogen-bond acceptors (Lipinski definition) is 2. The van der Waals surface area contributed by atoms with E-state index < -0.39 is 0 Å². The standard InChI is InChI=1S/C15H27N3/c1-2-6-15(7-3-1)8-10-16-9-4-5-12-18-13-11-17-14-18/h11,13-16H,1-10,12H2. The monoisotopic (exact) mass is 249 g/mol. The molecule has 1 aromatic heterocycles. The van der Waals surface area contributed by atoms with Crippen molar-refractivity contribution in [1.82, 2.24) is 14.9 Å². The first-order valence-electron chi connectivity index (χ1n) is 7.61. The SMILES string of the molecule is c1cn(CCCCNCCC2CCCCC2)cn1. The van der Waals surface area contributed by atoms with E-state index in [2.05, 4.69) is 14.9 Å². The number of hydrogen-bond donors (Lipinski definition) is 1. The minimum atomic E-state index is 1.01. The van der Waals surface area contributed by atoms with Crippen LogP contribution in [0.5, 0.6) is 0 Å². The fraction of sp³-hybridized carbons (Fsp3) is 0.800. The maximum Gasteiger partial charge on any atom is 0.0945 e. The Balaban J connectivity index is 1.39. The van der Waals surface area contributed by atoms with Crippen LogP contribution in [0.25, 0.3) is 0 Å². The minimum Gasteiger partial charge on any atom is -0.337 e. The normalized spacial score (nSPS) is 17.1. The van der Waals surface area contributed by atoms with Gasteiger partial charge in [-0.05, 0) is 38.3 Å². The second kappa shape index (κ2) is 8.30. The molecule has 0 aromatic carbocycles. The molecule has 0 aliphatic heterocycles. The molecule has 0 saturated heterocycles. The summed E-state index contributed by atoms with van der Waals surface area (Å²) in [6, 6.07) is 0. The average molecular weight is 249 g/mol. The number of imidazole rings is 1. The molecule has 1 aromatic rings. The van der Waals surface area contributed by atoms with E-state index in [1.54, 1.807) is 0 Å². The number of aromatic nitrogens is 2. The van der Waals surface area contributed by atoms with Gasteiger partial charge in [0.05, 0.1) is 6.33 Å². The van der Waals surface area contributed by atoms with Gasteiger partial charge in [0, 0.05) is 18.9 Å². The highest BCUT2D eigenvalue weighted by atomic mass is 15.0. The van der Waals surface area contributed by atoms with Crippen LogP contribution in [0.2, 0.25) is 0 Å². The Bertz CT molecular complexity index is 289. The smallest absolute Gasteiger partial charge is 0.0945 e. The molecule has 18 heavy (non-hydrogen) atoms. The summed E-state index contributed by atoms with van der Waals surface area (Å²) in [4.78, 5) is 4.05. The van der Waals surface area contributed by atoms with Gasteiger partial charge in [0.2, 0.25) is 0 Å². The molecule has 1 N–H and O–H groups in total. The van der Waals surface area contributed by atoms with E-state index in [4.69, 9.17) is 0 Å². The third-order valence-electron chi connectivity index (χ3n) is 4.03. The fourth-order valence-corrected chi connectivity index (χ4v) is 2.87. The van der Waals surface area contributed by atoms with Crippen molar-refractivity contribution in [2.45, 2.75) is 57.9 Å². The number of aryl methyl sites for hydroxylation is 1. The molecule has 102 valence electrons. The second-order valence-electron chi connectivity index (χ2n) is 5.55. The van der Waals surface area contributed by atoms with Crippen LogP contribution in [-0.4, -0.2) is 22.6 Å². The van der Waals surface area contributed by atoms with Gasteiger partial charge in [0.15, 0.2) is 0 Å². The van der Waals surface area contributed by atoms with E-state index in [-0.39, 0.29) is 0 Å². The predicted molar refractivity (Wildman–Crippen MR) is 75.5 cm³/mol. The quantitative estimate of drug-likeness (QED) is 0.717. The molecule has 1 aliphatic carbocycles. The van der Waals surface area contributed by atoms with Gasteiger partial charge in [0.25, 0.3) is 0 Å². The van der Waals surface area contributed by atoms with Crippen molar-refractivity contribution in [3.63, 3.8) is 0 Å². The van der Waals surface area contributed by atoms with Crippen LogP contribution in [0.4, 0.5) is 0 Å². The summed E-state index contributed by atoms with van der Waals surface area (Å²) in [6.07, 6.45) is 17.0. The Morgan fingerprint density at radius 1 is 1.11 bits per heavy atom. The molecular weight excluding hydrogens is 222 g/mol. The Kier molecular flexibility index (Phi) is 6.27. The lowest BCUT2D eigenvalue weighted by atomic mass is 9.87. The van der Waals surface area contributed by atoms with Crippen LogP contribution in [0.15, 0.2) is 18.7 Å². The highest BCUT2D eigenvalue weighted by Crippen LogP contribution is 2.25. The highest BCUT2D eigenvalue weighted by molar-refractivity contribution is 4.73. The molecule has 0 spiro atoms. The summed E-state index contributed by atoms with van der Waals surface area (Å²) in [5, 5.41) is 3.59. The molecule has 0 bridgehead atoms. The van der Waals surface area contributed by atoms with Gasteiger partial charge in [-0.25, -0.2) is 4.98 Å². The summed E-state index contributed by atoms with van der Waals surface area (Å²) in [5.74, 6) is 1.01. The molecule has 1 fully saturated rings. The van der Waals surface area contributed by atoms with E-state index in [0.29, 0.717) is 0 Å². The molecule has 0 amide bonds. The minimum absolute atomic E-state index is 1.01. The zero-order valence-electron chi connectivity index (χ0n) is 11.5. The number of rotatable bonds is 8.